The van der Waals surface area contributed by atoms with Crippen LogP contribution in [0.3, 0.4) is 0 Å². The van der Waals surface area contributed by atoms with Crippen LogP contribution < -0.4 is 24.8 Å². The molecule has 9 heteroatoms. The third kappa shape index (κ3) is 4.72. The molecule has 2 heterocycles. The number of hydrogen-bond acceptors (Lipinski definition) is 6. The standard InChI is InChI=1S/C24H27N3O6/c1-24(17-6-9-19-20(14-17)33-13-3-12-32-19)22(29)27(23(30)26-24)15-21(28)25-11-10-16-4-7-18(31-2)8-5-16/h4-9,14H,3,10-13,15H2,1-2H3,(H,25,28)(H,26,30)/t24-/m1/s1. The van der Waals surface area contributed by atoms with Gasteiger partial charge < -0.3 is 24.8 Å². The summed E-state index contributed by atoms with van der Waals surface area (Å²) >= 11 is 0. The topological polar surface area (TPSA) is 106 Å². The summed E-state index contributed by atoms with van der Waals surface area (Å²) < 4.78 is 16.5. The van der Waals surface area contributed by atoms with Gasteiger partial charge in [-0.3, -0.25) is 14.5 Å². The average Bonchev–Trinajstić information content (AvgIpc) is 2.97. The number of amides is 4. The van der Waals surface area contributed by atoms with Gasteiger partial charge >= 0.3 is 6.03 Å². The second kappa shape index (κ2) is 9.40. The van der Waals surface area contributed by atoms with E-state index in [9.17, 15) is 14.4 Å². The number of rotatable bonds is 7. The molecule has 0 aromatic heterocycles. The van der Waals surface area contributed by atoms with Crippen LogP contribution in [0, 0.1) is 0 Å². The van der Waals surface area contributed by atoms with E-state index in [-0.39, 0.29) is 6.54 Å². The maximum atomic E-state index is 13.1. The lowest BCUT2D eigenvalue weighted by molar-refractivity contribution is -0.134. The van der Waals surface area contributed by atoms with Gasteiger partial charge in [-0.2, -0.15) is 0 Å². The van der Waals surface area contributed by atoms with Crippen LogP contribution in [-0.2, 0) is 21.5 Å². The van der Waals surface area contributed by atoms with Crippen LogP contribution in [0.15, 0.2) is 42.5 Å². The minimum Gasteiger partial charge on any atom is -0.497 e. The number of hydrogen-bond donors (Lipinski definition) is 2. The average molecular weight is 453 g/mol. The van der Waals surface area contributed by atoms with Crippen molar-refractivity contribution in [2.45, 2.75) is 25.3 Å². The normalized spacial score (nSPS) is 19.6. The predicted octanol–water partition coefficient (Wildman–Crippen LogP) is 1.98. The summed E-state index contributed by atoms with van der Waals surface area (Å²) in [7, 11) is 1.60. The van der Waals surface area contributed by atoms with E-state index >= 15 is 0 Å². The molecule has 0 spiro atoms. The third-order valence-electron chi connectivity index (χ3n) is 5.80. The summed E-state index contributed by atoms with van der Waals surface area (Å²) in [6, 6.07) is 12.1. The molecule has 1 saturated heterocycles. The van der Waals surface area contributed by atoms with Crippen LogP contribution in [0.5, 0.6) is 17.2 Å². The molecule has 0 unspecified atom stereocenters. The summed E-state index contributed by atoms with van der Waals surface area (Å²) in [6.45, 7) is 2.71. The van der Waals surface area contributed by atoms with E-state index in [0.717, 1.165) is 22.6 Å². The Bertz CT molecular complexity index is 1050. The van der Waals surface area contributed by atoms with Gasteiger partial charge in [0.1, 0.15) is 17.8 Å². The summed E-state index contributed by atoms with van der Waals surface area (Å²) in [5.41, 5.74) is 0.297. The number of imide groups is 1. The molecule has 0 saturated carbocycles. The van der Waals surface area contributed by atoms with E-state index in [1.807, 2.05) is 24.3 Å². The Kier molecular flexibility index (Phi) is 6.39. The van der Waals surface area contributed by atoms with Crippen LogP contribution in [-0.4, -0.2) is 56.2 Å². The van der Waals surface area contributed by atoms with Crippen molar-refractivity contribution in [3.05, 3.63) is 53.6 Å². The first-order valence-corrected chi connectivity index (χ1v) is 10.8. The lowest BCUT2D eigenvalue weighted by Crippen LogP contribution is -2.43. The molecule has 1 fully saturated rings. The molecule has 2 aromatic carbocycles. The third-order valence-corrected chi connectivity index (χ3v) is 5.80. The highest BCUT2D eigenvalue weighted by Gasteiger charge is 2.49. The quantitative estimate of drug-likeness (QED) is 0.621. The van der Waals surface area contributed by atoms with E-state index in [4.69, 9.17) is 14.2 Å². The number of methoxy groups -OCH3 is 1. The zero-order valence-electron chi connectivity index (χ0n) is 18.7. The molecular formula is C24H27N3O6. The number of carbonyl (C=O) groups excluding carboxylic acids is 3. The van der Waals surface area contributed by atoms with Gasteiger partial charge in [0.25, 0.3) is 5.91 Å². The molecule has 2 N–H and O–H groups in total. The highest BCUT2D eigenvalue weighted by molar-refractivity contribution is 6.09. The van der Waals surface area contributed by atoms with Gasteiger partial charge in [-0.1, -0.05) is 18.2 Å². The SMILES string of the molecule is COc1ccc(CCNC(=O)CN2C(=O)N[C@](C)(c3ccc4c(c3)OCCCO4)C2=O)cc1. The number of ether oxygens (including phenoxy) is 3. The van der Waals surface area contributed by atoms with Gasteiger partial charge in [-0.25, -0.2) is 4.79 Å². The van der Waals surface area contributed by atoms with E-state index < -0.39 is 23.4 Å². The molecule has 0 bridgehead atoms. The first-order valence-electron chi connectivity index (χ1n) is 10.8. The fourth-order valence-corrected chi connectivity index (χ4v) is 3.85. The number of nitrogens with zero attached hydrogens (tertiary/aromatic N) is 1. The minimum absolute atomic E-state index is 0.354. The van der Waals surface area contributed by atoms with Crippen molar-refractivity contribution in [1.82, 2.24) is 15.5 Å². The van der Waals surface area contributed by atoms with Crippen LogP contribution in [0.25, 0.3) is 0 Å². The summed E-state index contributed by atoms with van der Waals surface area (Å²) in [5, 5.41) is 5.48. The molecule has 9 nitrogen and oxygen atoms in total. The molecule has 0 radical (unpaired) electrons. The van der Waals surface area contributed by atoms with Crippen molar-refractivity contribution >= 4 is 17.8 Å². The van der Waals surface area contributed by atoms with Crippen LogP contribution in [0.2, 0.25) is 0 Å². The molecular weight excluding hydrogens is 426 g/mol. The van der Waals surface area contributed by atoms with Crippen molar-refractivity contribution in [1.29, 1.82) is 0 Å². The van der Waals surface area contributed by atoms with E-state index in [2.05, 4.69) is 10.6 Å². The maximum absolute atomic E-state index is 13.1. The van der Waals surface area contributed by atoms with Crippen molar-refractivity contribution in [2.24, 2.45) is 0 Å². The molecule has 174 valence electrons. The van der Waals surface area contributed by atoms with Gasteiger partial charge in [0.2, 0.25) is 5.91 Å². The maximum Gasteiger partial charge on any atom is 0.325 e. The van der Waals surface area contributed by atoms with Crippen LogP contribution in [0.1, 0.15) is 24.5 Å². The highest BCUT2D eigenvalue weighted by Crippen LogP contribution is 2.36. The Labute approximate surface area is 192 Å². The summed E-state index contributed by atoms with van der Waals surface area (Å²) in [5.74, 6) is 0.993. The summed E-state index contributed by atoms with van der Waals surface area (Å²) in [6.07, 6.45) is 1.38. The largest absolute Gasteiger partial charge is 0.497 e. The zero-order valence-corrected chi connectivity index (χ0v) is 18.7. The molecule has 4 rings (SSSR count). The van der Waals surface area contributed by atoms with Crippen molar-refractivity contribution in [3.8, 4) is 17.2 Å². The fraction of sp³-hybridized carbons (Fsp3) is 0.375. The molecule has 0 aliphatic carbocycles. The molecule has 2 aliphatic rings. The van der Waals surface area contributed by atoms with E-state index in [0.29, 0.717) is 43.2 Å². The van der Waals surface area contributed by atoms with Crippen molar-refractivity contribution in [2.75, 3.05) is 33.4 Å². The van der Waals surface area contributed by atoms with Gasteiger partial charge in [0.15, 0.2) is 11.5 Å². The minimum atomic E-state index is -1.30. The monoisotopic (exact) mass is 453 g/mol. The second-order valence-electron chi connectivity index (χ2n) is 8.11. The second-order valence-corrected chi connectivity index (χ2v) is 8.11. The van der Waals surface area contributed by atoms with E-state index in [1.54, 1.807) is 32.2 Å². The predicted molar refractivity (Wildman–Crippen MR) is 119 cm³/mol. The molecule has 4 amide bonds. The number of benzene rings is 2. The molecule has 1 atom stereocenters. The van der Waals surface area contributed by atoms with Crippen LogP contribution >= 0.6 is 0 Å². The molecule has 2 aromatic rings. The smallest absolute Gasteiger partial charge is 0.325 e. The van der Waals surface area contributed by atoms with Crippen LogP contribution in [0.4, 0.5) is 4.79 Å². The number of fused-ring (bicyclic) bond motifs is 1. The van der Waals surface area contributed by atoms with Gasteiger partial charge in [0.05, 0.1) is 20.3 Å². The van der Waals surface area contributed by atoms with Crippen molar-refractivity contribution in [3.63, 3.8) is 0 Å². The van der Waals surface area contributed by atoms with Gasteiger partial charge in [0, 0.05) is 13.0 Å². The lowest BCUT2D eigenvalue weighted by Gasteiger charge is -2.23. The molecule has 2 aliphatic heterocycles. The lowest BCUT2D eigenvalue weighted by atomic mass is 9.91. The number of urea groups is 1. The zero-order chi connectivity index (χ0) is 23.4. The summed E-state index contributed by atoms with van der Waals surface area (Å²) in [4.78, 5) is 39.1. The fourth-order valence-electron chi connectivity index (χ4n) is 3.85. The Morgan fingerprint density at radius 1 is 1.12 bits per heavy atom. The van der Waals surface area contributed by atoms with Crippen molar-refractivity contribution < 1.29 is 28.6 Å². The Morgan fingerprint density at radius 3 is 2.58 bits per heavy atom. The molecule has 33 heavy (non-hydrogen) atoms. The Morgan fingerprint density at radius 2 is 1.85 bits per heavy atom. The van der Waals surface area contributed by atoms with E-state index in [1.165, 1.54) is 0 Å². The highest BCUT2D eigenvalue weighted by atomic mass is 16.5. The Balaban J connectivity index is 1.37. The van der Waals surface area contributed by atoms with Gasteiger partial charge in [-0.05, 0) is 48.7 Å². The Hall–Kier alpha value is -3.75. The first kappa shape index (κ1) is 22.4. The first-order chi connectivity index (χ1) is 15.9. The number of carbonyl (C=O) groups is 3. The van der Waals surface area contributed by atoms with Gasteiger partial charge in [-0.15, -0.1) is 0 Å². The number of nitrogens with one attached hydrogen (secondary N) is 2.